The molecule has 5 nitrogen and oxygen atoms in total. The molecule has 64 valence electrons. The predicted molar refractivity (Wildman–Crippen MR) is 32.6 cm³/mol. The van der Waals surface area contributed by atoms with Crippen molar-refractivity contribution in [3.8, 4) is 0 Å². The molecule has 3 N–H and O–H groups in total. The summed E-state index contributed by atoms with van der Waals surface area (Å²) in [6.45, 7) is -0.246. The van der Waals surface area contributed by atoms with Crippen molar-refractivity contribution in [1.29, 1.82) is 0 Å². The Labute approximate surface area is 63.2 Å². The number of aliphatic hydroxyl groups is 3. The van der Waals surface area contributed by atoms with Crippen LogP contribution in [0.25, 0.3) is 0 Å². The predicted octanol–water partition coefficient (Wildman–Crippen LogP) is -2.18. The third-order valence-corrected chi connectivity index (χ3v) is 2.11. The van der Waals surface area contributed by atoms with Gasteiger partial charge in [-0.3, -0.25) is 0 Å². The second-order valence-electron chi connectivity index (χ2n) is 2.81. The number of rotatable bonds is 1. The van der Waals surface area contributed by atoms with Crippen molar-refractivity contribution in [2.45, 2.75) is 30.7 Å². The average Bonchev–Trinajstić information content (AvgIpc) is 2.03. The molecule has 11 heavy (non-hydrogen) atoms. The third-order valence-electron chi connectivity index (χ3n) is 2.11. The van der Waals surface area contributed by atoms with Gasteiger partial charge in [0.15, 0.2) is 6.29 Å². The molecule has 3 fully saturated rings. The molecule has 0 spiro atoms. The third kappa shape index (κ3) is 0.896. The fourth-order valence-electron chi connectivity index (χ4n) is 1.39. The van der Waals surface area contributed by atoms with Crippen molar-refractivity contribution < 1.29 is 24.8 Å². The van der Waals surface area contributed by atoms with Crippen LogP contribution in [0.5, 0.6) is 0 Å². The molecule has 0 aromatic heterocycles. The molecule has 1 unspecified atom stereocenters. The van der Waals surface area contributed by atoms with Crippen LogP contribution in [0.1, 0.15) is 0 Å². The van der Waals surface area contributed by atoms with Crippen molar-refractivity contribution >= 4 is 0 Å². The summed E-state index contributed by atoms with van der Waals surface area (Å²) in [7, 11) is 0. The number of aliphatic hydroxyl groups excluding tert-OH is 3. The first-order valence-corrected chi connectivity index (χ1v) is 3.52. The van der Waals surface area contributed by atoms with E-state index >= 15 is 0 Å². The van der Waals surface area contributed by atoms with Crippen LogP contribution in [0.15, 0.2) is 0 Å². The van der Waals surface area contributed by atoms with E-state index in [0.29, 0.717) is 0 Å². The van der Waals surface area contributed by atoms with E-state index in [1.54, 1.807) is 0 Å². The quantitative estimate of drug-likeness (QED) is 0.408. The molecule has 5 heteroatoms. The minimum atomic E-state index is -0.917. The molecule has 0 aromatic carbocycles. The van der Waals surface area contributed by atoms with Crippen molar-refractivity contribution in [1.82, 2.24) is 0 Å². The zero-order chi connectivity index (χ0) is 8.01. The molecule has 2 bridgehead atoms. The van der Waals surface area contributed by atoms with Gasteiger partial charge in [0.2, 0.25) is 0 Å². The van der Waals surface area contributed by atoms with Gasteiger partial charge in [-0.2, -0.15) is 0 Å². The summed E-state index contributed by atoms with van der Waals surface area (Å²) in [6, 6.07) is 0. The highest BCUT2D eigenvalue weighted by Gasteiger charge is 2.54. The summed E-state index contributed by atoms with van der Waals surface area (Å²) >= 11 is 0. The van der Waals surface area contributed by atoms with E-state index in [9.17, 15) is 5.11 Å². The number of hydrogen-bond donors (Lipinski definition) is 3. The lowest BCUT2D eigenvalue weighted by molar-refractivity contribution is -0.407. The van der Waals surface area contributed by atoms with Crippen LogP contribution in [0.2, 0.25) is 0 Å². The van der Waals surface area contributed by atoms with Crippen LogP contribution in [0.4, 0.5) is 0 Å². The van der Waals surface area contributed by atoms with Gasteiger partial charge in [0.05, 0.1) is 6.61 Å². The fraction of sp³-hybridized carbons (Fsp3) is 1.00. The van der Waals surface area contributed by atoms with Gasteiger partial charge in [0, 0.05) is 0 Å². The van der Waals surface area contributed by atoms with Crippen molar-refractivity contribution in [2.24, 2.45) is 0 Å². The SMILES string of the molecule is OC[C@H]1OC2O[C@@H]([C@@H]1O)[C@@H]2O. The monoisotopic (exact) mass is 162 g/mol. The molecule has 3 aliphatic heterocycles. The Balaban J connectivity index is 2.03. The van der Waals surface area contributed by atoms with Gasteiger partial charge in [0.1, 0.15) is 24.4 Å². The van der Waals surface area contributed by atoms with Gasteiger partial charge >= 0.3 is 0 Å². The summed E-state index contributed by atoms with van der Waals surface area (Å²) in [5.41, 5.74) is 0. The van der Waals surface area contributed by atoms with Crippen LogP contribution in [0, 0.1) is 0 Å². The molecule has 0 amide bonds. The second kappa shape index (κ2) is 2.40. The Morgan fingerprint density at radius 2 is 1.82 bits per heavy atom. The van der Waals surface area contributed by atoms with Crippen molar-refractivity contribution in [3.63, 3.8) is 0 Å². The van der Waals surface area contributed by atoms with Crippen LogP contribution >= 0.6 is 0 Å². The molecule has 3 aliphatic rings. The van der Waals surface area contributed by atoms with Gasteiger partial charge in [-0.1, -0.05) is 0 Å². The molecule has 0 saturated carbocycles. The van der Waals surface area contributed by atoms with Gasteiger partial charge < -0.3 is 24.8 Å². The molecule has 0 radical (unpaired) electrons. The van der Waals surface area contributed by atoms with Crippen molar-refractivity contribution in [3.05, 3.63) is 0 Å². The van der Waals surface area contributed by atoms with E-state index in [-0.39, 0.29) is 6.61 Å². The molecule has 0 aromatic rings. The van der Waals surface area contributed by atoms with E-state index in [2.05, 4.69) is 0 Å². The maximum Gasteiger partial charge on any atom is 0.187 e. The molecular formula is C6H10O5. The fourth-order valence-corrected chi connectivity index (χ4v) is 1.39. The number of hydrogen-bond acceptors (Lipinski definition) is 5. The Morgan fingerprint density at radius 3 is 2.27 bits per heavy atom. The largest absolute Gasteiger partial charge is 0.394 e. The first kappa shape index (κ1) is 7.45. The zero-order valence-corrected chi connectivity index (χ0v) is 5.75. The van der Waals surface area contributed by atoms with Crippen LogP contribution < -0.4 is 0 Å². The molecule has 5 atom stereocenters. The first-order valence-electron chi connectivity index (χ1n) is 3.52. The maximum absolute atomic E-state index is 9.28. The molecule has 3 heterocycles. The summed E-state index contributed by atoms with van der Waals surface area (Å²) in [6.07, 6.45) is -3.50. The van der Waals surface area contributed by atoms with Gasteiger partial charge in [-0.05, 0) is 0 Å². The molecular weight excluding hydrogens is 152 g/mol. The highest BCUT2D eigenvalue weighted by atomic mass is 16.8. The lowest BCUT2D eigenvalue weighted by Crippen LogP contribution is -2.69. The summed E-state index contributed by atoms with van der Waals surface area (Å²) in [5, 5.41) is 27.1. The summed E-state index contributed by atoms with van der Waals surface area (Å²) < 4.78 is 9.85. The molecule has 3 rings (SSSR count). The summed E-state index contributed by atoms with van der Waals surface area (Å²) in [5.74, 6) is 0. The smallest absolute Gasteiger partial charge is 0.187 e. The minimum Gasteiger partial charge on any atom is -0.394 e. The average molecular weight is 162 g/mol. The highest BCUT2D eigenvalue weighted by Crippen LogP contribution is 2.33. The van der Waals surface area contributed by atoms with Gasteiger partial charge in [0.25, 0.3) is 0 Å². The molecule has 3 saturated heterocycles. The number of fused-ring (bicyclic) bond motifs is 2. The van der Waals surface area contributed by atoms with E-state index in [0.717, 1.165) is 0 Å². The van der Waals surface area contributed by atoms with Crippen LogP contribution in [-0.4, -0.2) is 52.6 Å². The highest BCUT2D eigenvalue weighted by molar-refractivity contribution is 4.97. The lowest BCUT2D eigenvalue weighted by Gasteiger charge is -2.51. The minimum absolute atomic E-state index is 0.246. The molecule has 0 aliphatic carbocycles. The topological polar surface area (TPSA) is 79.2 Å². The van der Waals surface area contributed by atoms with E-state index in [4.69, 9.17) is 19.7 Å². The number of ether oxygens (including phenoxy) is 2. The van der Waals surface area contributed by atoms with Gasteiger partial charge in [-0.15, -0.1) is 0 Å². The van der Waals surface area contributed by atoms with Crippen LogP contribution in [-0.2, 0) is 9.47 Å². The maximum atomic E-state index is 9.28. The zero-order valence-electron chi connectivity index (χ0n) is 5.75. The van der Waals surface area contributed by atoms with Gasteiger partial charge in [-0.25, -0.2) is 0 Å². The Bertz CT molecular complexity index is 159. The van der Waals surface area contributed by atoms with Crippen LogP contribution in [0.3, 0.4) is 0 Å². The van der Waals surface area contributed by atoms with E-state index in [1.807, 2.05) is 0 Å². The first-order chi connectivity index (χ1) is 5.24. The standard InChI is InChI=1S/C6H10O5/c7-1-2-3(8)5-4(9)6(10-2)11-5/h2-9H,1H2/t2-,3-,4+,5+,6?/m1/s1. The second-order valence-corrected chi connectivity index (χ2v) is 2.81. The Hall–Kier alpha value is -0.200. The normalized spacial score (nSPS) is 55.4. The van der Waals surface area contributed by atoms with E-state index in [1.165, 1.54) is 0 Å². The Kier molecular flexibility index (Phi) is 1.62. The Morgan fingerprint density at radius 1 is 1.09 bits per heavy atom. The summed E-state index contributed by atoms with van der Waals surface area (Å²) in [4.78, 5) is 0. The lowest BCUT2D eigenvalue weighted by atomic mass is 9.94. The van der Waals surface area contributed by atoms with Crippen molar-refractivity contribution in [2.75, 3.05) is 6.61 Å². The van der Waals surface area contributed by atoms with E-state index < -0.39 is 30.7 Å².